The van der Waals surface area contributed by atoms with E-state index in [1.807, 2.05) is 66.7 Å². The van der Waals surface area contributed by atoms with E-state index < -0.39 is 5.25 Å². The summed E-state index contributed by atoms with van der Waals surface area (Å²) >= 11 is 7.49. The number of hydrogen-bond donors (Lipinski definition) is 2. The summed E-state index contributed by atoms with van der Waals surface area (Å²) in [7, 11) is 0. The van der Waals surface area contributed by atoms with Crippen molar-refractivity contribution in [1.82, 2.24) is 4.57 Å². The SMILES string of the molecule is CCn1c2ccccc2c2cc(NC(=O)C(Sc3ccc(NC(=O)c4cccc(Cl)c4)cc3)c3ccccc3)ccc21. The lowest BCUT2D eigenvalue weighted by atomic mass is 10.1. The summed E-state index contributed by atoms with van der Waals surface area (Å²) in [6.45, 7) is 3.01. The number of thioether (sulfide) groups is 1. The van der Waals surface area contributed by atoms with Gasteiger partial charge >= 0.3 is 0 Å². The first kappa shape index (κ1) is 27.6. The van der Waals surface area contributed by atoms with Crippen LogP contribution in [0, 0.1) is 0 Å². The van der Waals surface area contributed by atoms with Gasteiger partial charge in [0.15, 0.2) is 0 Å². The van der Waals surface area contributed by atoms with Crippen LogP contribution >= 0.6 is 23.4 Å². The fourth-order valence-electron chi connectivity index (χ4n) is 5.17. The van der Waals surface area contributed by atoms with Crippen molar-refractivity contribution in [2.45, 2.75) is 23.6 Å². The highest BCUT2D eigenvalue weighted by Gasteiger charge is 2.23. The van der Waals surface area contributed by atoms with E-state index in [2.05, 4.69) is 52.5 Å². The van der Waals surface area contributed by atoms with Gasteiger partial charge in [-0.1, -0.05) is 66.2 Å². The van der Waals surface area contributed by atoms with E-state index in [-0.39, 0.29) is 11.8 Å². The molecule has 0 aliphatic rings. The molecule has 0 saturated heterocycles. The Labute approximate surface area is 253 Å². The number of rotatable bonds is 8. The second-order valence-electron chi connectivity index (χ2n) is 9.88. The largest absolute Gasteiger partial charge is 0.341 e. The number of nitrogens with one attached hydrogen (secondary N) is 2. The summed E-state index contributed by atoms with van der Waals surface area (Å²) in [6, 6.07) is 38.5. The molecule has 0 radical (unpaired) electrons. The van der Waals surface area contributed by atoms with Crippen LogP contribution in [0.25, 0.3) is 21.8 Å². The van der Waals surface area contributed by atoms with Crippen LogP contribution in [0.1, 0.15) is 28.1 Å². The molecule has 5 aromatic carbocycles. The van der Waals surface area contributed by atoms with Gasteiger partial charge in [-0.3, -0.25) is 9.59 Å². The molecule has 7 heteroatoms. The van der Waals surface area contributed by atoms with Crippen LogP contribution in [0.5, 0.6) is 0 Å². The van der Waals surface area contributed by atoms with Gasteiger partial charge in [0.2, 0.25) is 5.91 Å². The summed E-state index contributed by atoms with van der Waals surface area (Å²) < 4.78 is 2.29. The summed E-state index contributed by atoms with van der Waals surface area (Å²) in [5.74, 6) is -0.346. The second-order valence-corrected chi connectivity index (χ2v) is 11.5. The van der Waals surface area contributed by atoms with Crippen molar-refractivity contribution in [3.8, 4) is 0 Å². The predicted molar refractivity (Wildman–Crippen MR) is 175 cm³/mol. The van der Waals surface area contributed by atoms with E-state index in [9.17, 15) is 9.59 Å². The normalized spacial score (nSPS) is 11.9. The van der Waals surface area contributed by atoms with Crippen LogP contribution in [0.15, 0.2) is 126 Å². The molecule has 0 fully saturated rings. The Hall–Kier alpha value is -4.52. The first-order valence-electron chi connectivity index (χ1n) is 13.7. The number of amides is 2. The molecule has 0 bridgehead atoms. The van der Waals surface area contributed by atoms with E-state index in [0.29, 0.717) is 16.3 Å². The van der Waals surface area contributed by atoms with Crippen LogP contribution in [0.3, 0.4) is 0 Å². The zero-order valence-corrected chi connectivity index (χ0v) is 24.5. The third-order valence-corrected chi connectivity index (χ3v) is 8.65. The Balaban J connectivity index is 1.23. The third kappa shape index (κ3) is 5.77. The molecule has 208 valence electrons. The van der Waals surface area contributed by atoms with E-state index in [4.69, 9.17) is 11.6 Å². The van der Waals surface area contributed by atoms with Crippen molar-refractivity contribution in [2.75, 3.05) is 10.6 Å². The number of fused-ring (bicyclic) bond motifs is 3. The molecular formula is C35H28ClN3O2S. The number of nitrogens with zero attached hydrogens (tertiary/aromatic N) is 1. The van der Waals surface area contributed by atoms with Gasteiger partial charge in [0.25, 0.3) is 5.91 Å². The van der Waals surface area contributed by atoms with Crippen LogP contribution < -0.4 is 10.6 Å². The molecule has 0 saturated carbocycles. The van der Waals surface area contributed by atoms with Crippen molar-refractivity contribution in [2.24, 2.45) is 0 Å². The summed E-state index contributed by atoms with van der Waals surface area (Å²) in [4.78, 5) is 27.3. The first-order valence-corrected chi connectivity index (χ1v) is 15.0. The third-order valence-electron chi connectivity index (χ3n) is 7.15. The van der Waals surface area contributed by atoms with Gasteiger partial charge in [-0.2, -0.15) is 0 Å². The number of halogens is 1. The van der Waals surface area contributed by atoms with Gasteiger partial charge in [-0.15, -0.1) is 11.8 Å². The van der Waals surface area contributed by atoms with E-state index in [1.54, 1.807) is 24.3 Å². The van der Waals surface area contributed by atoms with E-state index >= 15 is 0 Å². The maximum absolute atomic E-state index is 13.8. The molecule has 1 atom stereocenters. The van der Waals surface area contributed by atoms with Crippen molar-refractivity contribution in [1.29, 1.82) is 0 Å². The van der Waals surface area contributed by atoms with Gasteiger partial charge in [-0.05, 0) is 79.2 Å². The molecule has 0 aliphatic heterocycles. The van der Waals surface area contributed by atoms with Gasteiger partial charge in [0, 0.05) is 55.2 Å². The maximum atomic E-state index is 13.8. The zero-order valence-electron chi connectivity index (χ0n) is 22.9. The van der Waals surface area contributed by atoms with E-state index in [0.717, 1.165) is 33.6 Å². The molecule has 1 heterocycles. The number of carbonyl (C=O) groups excluding carboxylic acids is 2. The molecule has 6 aromatic rings. The molecule has 1 unspecified atom stereocenters. The lowest BCUT2D eigenvalue weighted by molar-refractivity contribution is -0.115. The summed E-state index contributed by atoms with van der Waals surface area (Å²) in [6.07, 6.45) is 0. The number of benzene rings is 5. The van der Waals surface area contributed by atoms with Crippen molar-refractivity contribution in [3.05, 3.63) is 137 Å². The molecule has 2 amide bonds. The highest BCUT2D eigenvalue weighted by molar-refractivity contribution is 8.00. The monoisotopic (exact) mass is 589 g/mol. The van der Waals surface area contributed by atoms with Gasteiger partial charge < -0.3 is 15.2 Å². The minimum atomic E-state index is -0.481. The number of aromatic nitrogens is 1. The molecule has 5 nitrogen and oxygen atoms in total. The van der Waals surface area contributed by atoms with Crippen LogP contribution in [-0.4, -0.2) is 16.4 Å². The quantitative estimate of drug-likeness (QED) is 0.174. The van der Waals surface area contributed by atoms with Crippen molar-refractivity contribution >= 4 is 68.4 Å². The average molecular weight is 590 g/mol. The first-order chi connectivity index (χ1) is 20.5. The Kier molecular flexibility index (Phi) is 8.00. The van der Waals surface area contributed by atoms with Crippen LogP contribution in [0.2, 0.25) is 5.02 Å². The molecule has 1 aromatic heterocycles. The highest BCUT2D eigenvalue weighted by Crippen LogP contribution is 2.37. The molecule has 2 N–H and O–H groups in total. The second kappa shape index (κ2) is 12.1. The molecule has 0 spiro atoms. The van der Waals surface area contributed by atoms with E-state index in [1.165, 1.54) is 22.7 Å². The topological polar surface area (TPSA) is 63.1 Å². The number of para-hydroxylation sites is 1. The van der Waals surface area contributed by atoms with Crippen molar-refractivity contribution in [3.63, 3.8) is 0 Å². The van der Waals surface area contributed by atoms with Gasteiger partial charge in [0.05, 0.1) is 0 Å². The fourth-order valence-corrected chi connectivity index (χ4v) is 6.38. The Bertz CT molecular complexity index is 1900. The zero-order chi connectivity index (χ0) is 29.1. The fraction of sp³-hybridized carbons (Fsp3) is 0.0857. The summed E-state index contributed by atoms with van der Waals surface area (Å²) in [5.41, 5.74) is 5.13. The van der Waals surface area contributed by atoms with Gasteiger partial charge in [0.1, 0.15) is 5.25 Å². The Morgan fingerprint density at radius 1 is 0.738 bits per heavy atom. The highest BCUT2D eigenvalue weighted by atomic mass is 35.5. The van der Waals surface area contributed by atoms with Crippen LogP contribution in [0.4, 0.5) is 11.4 Å². The standard InChI is InChI=1S/C35H28ClN3O2S/c1-2-39-31-14-7-6-13-29(31)30-22-27(17-20-32(30)39)38-35(41)33(23-9-4-3-5-10-23)42-28-18-15-26(16-19-28)37-34(40)24-11-8-12-25(36)21-24/h3-22,33H,2H2,1H3,(H,37,40)(H,38,41). The smallest absolute Gasteiger partial charge is 0.255 e. The Morgan fingerprint density at radius 2 is 1.45 bits per heavy atom. The number of anilines is 2. The number of aryl methyl sites for hydroxylation is 1. The lowest BCUT2D eigenvalue weighted by Crippen LogP contribution is -2.19. The van der Waals surface area contributed by atoms with Crippen LogP contribution in [-0.2, 0) is 11.3 Å². The number of carbonyl (C=O) groups is 2. The maximum Gasteiger partial charge on any atom is 0.255 e. The molecule has 42 heavy (non-hydrogen) atoms. The minimum absolute atomic E-state index is 0.108. The minimum Gasteiger partial charge on any atom is -0.341 e. The number of hydrogen-bond acceptors (Lipinski definition) is 3. The molecular weight excluding hydrogens is 562 g/mol. The van der Waals surface area contributed by atoms with Crippen molar-refractivity contribution < 1.29 is 9.59 Å². The predicted octanol–water partition coefficient (Wildman–Crippen LogP) is 9.19. The summed E-state index contributed by atoms with van der Waals surface area (Å²) in [5, 5.41) is 8.38. The van der Waals surface area contributed by atoms with Gasteiger partial charge in [-0.25, -0.2) is 0 Å². The Morgan fingerprint density at radius 3 is 2.21 bits per heavy atom. The molecule has 0 aliphatic carbocycles. The lowest BCUT2D eigenvalue weighted by Gasteiger charge is -2.18. The average Bonchev–Trinajstić information content (AvgIpc) is 3.34. The molecule has 6 rings (SSSR count).